The van der Waals surface area contributed by atoms with E-state index in [0.29, 0.717) is 11.8 Å². The van der Waals surface area contributed by atoms with Crippen molar-refractivity contribution in [1.29, 1.82) is 0 Å². The van der Waals surface area contributed by atoms with Crippen molar-refractivity contribution in [3.8, 4) is 0 Å². The Kier molecular flexibility index (Phi) is 3.28. The van der Waals surface area contributed by atoms with Crippen LogP contribution in [0.1, 0.15) is 47.8 Å². The van der Waals surface area contributed by atoms with E-state index < -0.39 is 5.97 Å². The van der Waals surface area contributed by atoms with Gasteiger partial charge in [0.1, 0.15) is 5.56 Å². The van der Waals surface area contributed by atoms with Crippen LogP contribution in [0.2, 0.25) is 0 Å². The van der Waals surface area contributed by atoms with E-state index in [1.165, 1.54) is 7.11 Å². The lowest BCUT2D eigenvalue weighted by Gasteiger charge is -2.17. The van der Waals surface area contributed by atoms with Crippen molar-refractivity contribution in [3.63, 3.8) is 0 Å². The maximum atomic E-state index is 12.1. The number of pyridine rings is 1. The molecule has 0 amide bonds. The van der Waals surface area contributed by atoms with Gasteiger partial charge >= 0.3 is 5.97 Å². The number of methoxy groups -OCH3 is 1. The Bertz CT molecular complexity index is 543. The van der Waals surface area contributed by atoms with Crippen molar-refractivity contribution in [2.45, 2.75) is 32.6 Å². The minimum Gasteiger partial charge on any atom is -0.465 e. The zero-order valence-corrected chi connectivity index (χ0v) is 11.3. The second-order valence-corrected chi connectivity index (χ2v) is 5.20. The summed E-state index contributed by atoms with van der Waals surface area (Å²) in [4.78, 5) is 23.7. The molecule has 4 nitrogen and oxygen atoms in total. The van der Waals surface area contributed by atoms with Gasteiger partial charge in [0.25, 0.3) is 5.56 Å². The van der Waals surface area contributed by atoms with Crippen molar-refractivity contribution in [1.82, 2.24) is 4.57 Å². The second-order valence-electron chi connectivity index (χ2n) is 5.20. The zero-order valence-electron chi connectivity index (χ0n) is 11.3. The summed E-state index contributed by atoms with van der Waals surface area (Å²) < 4.78 is 6.28. The molecule has 0 saturated heterocycles. The topological polar surface area (TPSA) is 48.3 Å². The molecule has 0 bridgehead atoms. The Morgan fingerprint density at radius 1 is 1.50 bits per heavy atom. The highest BCUT2D eigenvalue weighted by Gasteiger charge is 2.29. The number of esters is 1. The fourth-order valence-electron chi connectivity index (χ4n) is 2.83. The maximum absolute atomic E-state index is 12.1. The summed E-state index contributed by atoms with van der Waals surface area (Å²) in [6.07, 6.45) is 1.95. The summed E-state index contributed by atoms with van der Waals surface area (Å²) in [5.41, 5.74) is 2.08. The molecule has 1 unspecified atom stereocenters. The van der Waals surface area contributed by atoms with Gasteiger partial charge in [-0.25, -0.2) is 4.79 Å². The molecular weight excluding hydrogens is 230 g/mol. The van der Waals surface area contributed by atoms with E-state index >= 15 is 0 Å². The van der Waals surface area contributed by atoms with Crippen LogP contribution >= 0.6 is 0 Å². The van der Waals surface area contributed by atoms with Gasteiger partial charge in [-0.2, -0.15) is 0 Å². The molecule has 0 aliphatic heterocycles. The number of carbonyl (C=O) groups excluding carboxylic acids is 1. The molecule has 98 valence electrons. The average molecular weight is 249 g/mol. The van der Waals surface area contributed by atoms with Crippen LogP contribution < -0.4 is 5.56 Å². The van der Waals surface area contributed by atoms with Crippen LogP contribution in [-0.2, 0) is 18.2 Å². The van der Waals surface area contributed by atoms with Gasteiger partial charge in [-0.15, -0.1) is 0 Å². The molecule has 0 fully saturated rings. The third-order valence-electron chi connectivity index (χ3n) is 3.87. The molecule has 18 heavy (non-hydrogen) atoms. The summed E-state index contributed by atoms with van der Waals surface area (Å²) in [5.74, 6) is 0.386. The van der Waals surface area contributed by atoms with Gasteiger partial charge in [-0.05, 0) is 36.3 Å². The van der Waals surface area contributed by atoms with Crippen LogP contribution in [-0.4, -0.2) is 17.6 Å². The molecule has 0 saturated carbocycles. The lowest BCUT2D eigenvalue weighted by Crippen LogP contribution is -2.27. The number of fused-ring (bicyclic) bond motifs is 1. The van der Waals surface area contributed by atoms with Gasteiger partial charge in [-0.1, -0.05) is 13.8 Å². The van der Waals surface area contributed by atoms with E-state index in [4.69, 9.17) is 0 Å². The fourth-order valence-corrected chi connectivity index (χ4v) is 2.83. The van der Waals surface area contributed by atoms with Gasteiger partial charge in [-0.3, -0.25) is 4.79 Å². The summed E-state index contributed by atoms with van der Waals surface area (Å²) in [7, 11) is 3.03. The normalized spacial score (nSPS) is 17.9. The Hall–Kier alpha value is -1.58. The molecule has 0 radical (unpaired) electrons. The number of aromatic nitrogens is 1. The lowest BCUT2D eigenvalue weighted by atomic mass is 9.90. The first kappa shape index (κ1) is 12.9. The fraction of sp³-hybridized carbons (Fsp3) is 0.571. The Labute approximate surface area is 107 Å². The quantitative estimate of drug-likeness (QED) is 0.752. The molecule has 0 spiro atoms. The van der Waals surface area contributed by atoms with Crippen LogP contribution in [0.3, 0.4) is 0 Å². The van der Waals surface area contributed by atoms with Crippen molar-refractivity contribution in [2.24, 2.45) is 13.0 Å². The summed E-state index contributed by atoms with van der Waals surface area (Å²) in [6, 6.07) is 1.74. The number of ether oxygens (including phenoxy) is 1. The van der Waals surface area contributed by atoms with E-state index in [9.17, 15) is 9.59 Å². The lowest BCUT2D eigenvalue weighted by molar-refractivity contribution is 0.0598. The maximum Gasteiger partial charge on any atom is 0.343 e. The summed E-state index contributed by atoms with van der Waals surface area (Å²) in [6.45, 7) is 4.34. The highest BCUT2D eigenvalue weighted by molar-refractivity contribution is 5.89. The van der Waals surface area contributed by atoms with Crippen molar-refractivity contribution in [3.05, 3.63) is 33.2 Å². The smallest absolute Gasteiger partial charge is 0.343 e. The van der Waals surface area contributed by atoms with Crippen LogP contribution in [0.5, 0.6) is 0 Å². The minimum atomic E-state index is -0.548. The standard InChI is InChI=1S/C14H19NO3/c1-8(2)9-5-6-12-10(9)7-11(14(17)18-4)13(16)15(12)3/h7-9H,5-6H2,1-4H3. The van der Waals surface area contributed by atoms with E-state index in [2.05, 4.69) is 18.6 Å². The SMILES string of the molecule is COC(=O)c1cc2c(n(C)c1=O)CCC2C(C)C. The molecule has 0 N–H and O–H groups in total. The van der Waals surface area contributed by atoms with Gasteiger partial charge in [0.2, 0.25) is 0 Å². The molecule has 1 aliphatic rings. The monoisotopic (exact) mass is 249 g/mol. The Morgan fingerprint density at radius 3 is 2.72 bits per heavy atom. The van der Waals surface area contributed by atoms with Gasteiger partial charge in [0.05, 0.1) is 7.11 Å². The predicted octanol–water partition coefficient (Wildman–Crippen LogP) is 1.86. The van der Waals surface area contributed by atoms with Crippen LogP contribution in [0.4, 0.5) is 0 Å². The molecule has 1 heterocycles. The predicted molar refractivity (Wildman–Crippen MR) is 68.9 cm³/mol. The summed E-state index contributed by atoms with van der Waals surface area (Å²) >= 11 is 0. The number of carbonyl (C=O) groups is 1. The number of rotatable bonds is 2. The second kappa shape index (κ2) is 4.59. The largest absolute Gasteiger partial charge is 0.465 e. The van der Waals surface area contributed by atoms with Crippen molar-refractivity contribution in [2.75, 3.05) is 7.11 Å². The first-order valence-corrected chi connectivity index (χ1v) is 6.28. The zero-order chi connectivity index (χ0) is 13.4. The third-order valence-corrected chi connectivity index (χ3v) is 3.87. The first-order valence-electron chi connectivity index (χ1n) is 6.28. The highest BCUT2D eigenvalue weighted by Crippen LogP contribution is 2.37. The van der Waals surface area contributed by atoms with Crippen LogP contribution in [0, 0.1) is 5.92 Å². The molecule has 2 rings (SSSR count). The van der Waals surface area contributed by atoms with E-state index in [-0.39, 0.29) is 11.1 Å². The summed E-state index contributed by atoms with van der Waals surface area (Å²) in [5, 5.41) is 0. The molecular formula is C14H19NO3. The highest BCUT2D eigenvalue weighted by atomic mass is 16.5. The Balaban J connectivity index is 2.62. The molecule has 1 atom stereocenters. The third kappa shape index (κ3) is 1.85. The van der Waals surface area contributed by atoms with Crippen LogP contribution in [0.15, 0.2) is 10.9 Å². The number of hydrogen-bond acceptors (Lipinski definition) is 3. The van der Waals surface area contributed by atoms with Crippen LogP contribution in [0.25, 0.3) is 0 Å². The van der Waals surface area contributed by atoms with E-state index in [0.717, 1.165) is 24.1 Å². The van der Waals surface area contributed by atoms with E-state index in [1.54, 1.807) is 17.7 Å². The molecule has 0 aromatic carbocycles. The van der Waals surface area contributed by atoms with Gasteiger partial charge < -0.3 is 9.30 Å². The number of nitrogens with zero attached hydrogens (tertiary/aromatic N) is 1. The number of hydrogen-bond donors (Lipinski definition) is 0. The first-order chi connectivity index (χ1) is 8.47. The Morgan fingerprint density at radius 2 is 2.17 bits per heavy atom. The molecule has 1 aromatic rings. The van der Waals surface area contributed by atoms with Crippen molar-refractivity contribution < 1.29 is 9.53 Å². The van der Waals surface area contributed by atoms with Crippen molar-refractivity contribution >= 4 is 5.97 Å². The van der Waals surface area contributed by atoms with E-state index in [1.807, 2.05) is 0 Å². The molecule has 1 aliphatic carbocycles. The average Bonchev–Trinajstić information content (AvgIpc) is 2.76. The molecule has 4 heteroatoms. The minimum absolute atomic E-state index is 0.145. The van der Waals surface area contributed by atoms with Gasteiger partial charge in [0.15, 0.2) is 0 Å². The molecule has 1 aromatic heterocycles. The van der Waals surface area contributed by atoms with Gasteiger partial charge in [0, 0.05) is 12.7 Å².